The molecule has 1 atom stereocenters. The van der Waals surface area contributed by atoms with Gasteiger partial charge in [-0.15, -0.1) is 0 Å². The molecule has 1 aromatic rings. The van der Waals surface area contributed by atoms with Gasteiger partial charge in [0.2, 0.25) is 0 Å². The second-order valence-electron chi connectivity index (χ2n) is 4.16. The maximum absolute atomic E-state index is 11.7. The number of amides is 1. The van der Waals surface area contributed by atoms with E-state index in [0.717, 1.165) is 12.8 Å². The fourth-order valence-electron chi connectivity index (χ4n) is 1.44. The van der Waals surface area contributed by atoms with Crippen molar-refractivity contribution in [2.45, 2.75) is 32.8 Å². The van der Waals surface area contributed by atoms with Crippen molar-refractivity contribution in [2.24, 2.45) is 0 Å². The van der Waals surface area contributed by atoms with Crippen molar-refractivity contribution in [2.75, 3.05) is 6.54 Å². The normalized spacial score (nSPS) is 11.5. The lowest BCUT2D eigenvalue weighted by Gasteiger charge is -2.15. The van der Waals surface area contributed by atoms with Gasteiger partial charge >= 0.3 is 0 Å². The molecule has 4 nitrogen and oxygen atoms in total. The number of nitrogens with zero attached hydrogens (tertiary/aromatic N) is 1. The molecule has 5 heteroatoms. The molecule has 0 bridgehead atoms. The van der Waals surface area contributed by atoms with Crippen molar-refractivity contribution in [3.8, 4) is 11.8 Å². The van der Waals surface area contributed by atoms with Crippen LogP contribution >= 0.6 is 11.6 Å². The average Bonchev–Trinajstić information content (AvgIpc) is 2.41. The molecular formula is C14H17ClN2O2. The molecule has 0 saturated heterocycles. The van der Waals surface area contributed by atoms with Crippen LogP contribution in [0.15, 0.2) is 18.2 Å². The topological polar surface area (TPSA) is 62.1 Å². The Bertz CT molecular complexity index is 483. The number of carbonyl (C=O) groups is 1. The summed E-state index contributed by atoms with van der Waals surface area (Å²) in [6.07, 6.45) is 1.34. The smallest absolute Gasteiger partial charge is 0.260 e. The summed E-state index contributed by atoms with van der Waals surface area (Å²) in [5, 5.41) is 11.8. The molecule has 0 aromatic heterocycles. The van der Waals surface area contributed by atoms with Crippen LogP contribution in [0, 0.1) is 11.3 Å². The van der Waals surface area contributed by atoms with E-state index in [1.54, 1.807) is 19.1 Å². The van der Waals surface area contributed by atoms with E-state index >= 15 is 0 Å². The Morgan fingerprint density at radius 1 is 1.58 bits per heavy atom. The summed E-state index contributed by atoms with van der Waals surface area (Å²) in [5.74, 6) is 0.229. The quantitative estimate of drug-likeness (QED) is 0.815. The third-order valence-electron chi connectivity index (χ3n) is 2.56. The van der Waals surface area contributed by atoms with Crippen LogP contribution in [0.1, 0.15) is 32.3 Å². The number of nitriles is 1. The molecule has 1 unspecified atom stereocenters. The lowest BCUT2D eigenvalue weighted by Crippen LogP contribution is -2.36. The van der Waals surface area contributed by atoms with Crippen molar-refractivity contribution < 1.29 is 9.53 Å². The summed E-state index contributed by atoms with van der Waals surface area (Å²) in [6.45, 7) is 4.36. The van der Waals surface area contributed by atoms with Gasteiger partial charge in [-0.2, -0.15) is 5.26 Å². The number of ether oxygens (including phenoxy) is 1. The Kier molecular flexibility index (Phi) is 6.17. The molecule has 1 amide bonds. The van der Waals surface area contributed by atoms with E-state index in [0.29, 0.717) is 22.9 Å². The molecule has 1 rings (SSSR count). The highest BCUT2D eigenvalue weighted by Gasteiger charge is 2.15. The predicted molar refractivity (Wildman–Crippen MR) is 74.2 cm³/mol. The third kappa shape index (κ3) is 4.80. The highest BCUT2D eigenvalue weighted by atomic mass is 35.5. The second-order valence-corrected chi connectivity index (χ2v) is 4.57. The Labute approximate surface area is 118 Å². The number of carbonyl (C=O) groups excluding carboxylic acids is 1. The highest BCUT2D eigenvalue weighted by Crippen LogP contribution is 2.26. The van der Waals surface area contributed by atoms with E-state index in [-0.39, 0.29) is 5.91 Å². The zero-order chi connectivity index (χ0) is 14.3. The molecule has 0 aliphatic carbocycles. The molecule has 19 heavy (non-hydrogen) atoms. The largest absolute Gasteiger partial charge is 0.479 e. The average molecular weight is 281 g/mol. The lowest BCUT2D eigenvalue weighted by molar-refractivity contribution is -0.127. The first-order valence-corrected chi connectivity index (χ1v) is 6.60. The van der Waals surface area contributed by atoms with Gasteiger partial charge < -0.3 is 10.1 Å². The van der Waals surface area contributed by atoms with E-state index in [2.05, 4.69) is 12.2 Å². The first-order chi connectivity index (χ1) is 9.08. The van der Waals surface area contributed by atoms with Crippen LogP contribution in [0.4, 0.5) is 0 Å². The van der Waals surface area contributed by atoms with Crippen LogP contribution in [0.5, 0.6) is 5.75 Å². The molecule has 0 radical (unpaired) electrons. The maximum atomic E-state index is 11.7. The van der Waals surface area contributed by atoms with Crippen LogP contribution in [-0.2, 0) is 4.79 Å². The lowest BCUT2D eigenvalue weighted by atomic mass is 10.2. The van der Waals surface area contributed by atoms with Crippen molar-refractivity contribution in [1.82, 2.24) is 5.32 Å². The fraction of sp³-hybridized carbons (Fsp3) is 0.429. The summed E-state index contributed by atoms with van der Waals surface area (Å²) in [7, 11) is 0. The maximum Gasteiger partial charge on any atom is 0.260 e. The van der Waals surface area contributed by atoms with Crippen molar-refractivity contribution in [3.05, 3.63) is 28.8 Å². The van der Waals surface area contributed by atoms with E-state index < -0.39 is 6.10 Å². The number of halogens is 1. The predicted octanol–water partition coefficient (Wildman–Crippen LogP) is 2.90. The molecule has 102 valence electrons. The van der Waals surface area contributed by atoms with Crippen LogP contribution in [0.25, 0.3) is 0 Å². The van der Waals surface area contributed by atoms with Crippen LogP contribution in [0.2, 0.25) is 5.02 Å². The minimum atomic E-state index is -0.623. The second kappa shape index (κ2) is 7.65. The fourth-order valence-corrected chi connectivity index (χ4v) is 1.67. The molecule has 1 aromatic carbocycles. The van der Waals surface area contributed by atoms with Crippen molar-refractivity contribution in [3.63, 3.8) is 0 Å². The van der Waals surface area contributed by atoms with Gasteiger partial charge in [-0.25, -0.2) is 0 Å². The van der Waals surface area contributed by atoms with Crippen molar-refractivity contribution >= 4 is 17.5 Å². The number of hydrogen-bond donors (Lipinski definition) is 1. The number of unbranched alkanes of at least 4 members (excludes halogenated alkanes) is 1. The van der Waals surface area contributed by atoms with Crippen molar-refractivity contribution in [1.29, 1.82) is 5.26 Å². The summed E-state index contributed by atoms with van der Waals surface area (Å²) < 4.78 is 5.48. The zero-order valence-electron chi connectivity index (χ0n) is 11.1. The van der Waals surface area contributed by atoms with Gasteiger partial charge in [-0.05, 0) is 31.5 Å². The molecule has 1 N–H and O–H groups in total. The van der Waals surface area contributed by atoms with Crippen LogP contribution < -0.4 is 10.1 Å². The summed E-state index contributed by atoms with van der Waals surface area (Å²) in [6, 6.07) is 6.69. The molecular weight excluding hydrogens is 264 g/mol. The van der Waals surface area contributed by atoms with E-state index in [1.165, 1.54) is 6.07 Å². The first-order valence-electron chi connectivity index (χ1n) is 6.22. The molecule has 0 fully saturated rings. The number of benzene rings is 1. The van der Waals surface area contributed by atoms with Gasteiger partial charge in [0.15, 0.2) is 6.10 Å². The molecule has 0 heterocycles. The van der Waals surface area contributed by atoms with Gasteiger partial charge in [0.05, 0.1) is 16.7 Å². The van der Waals surface area contributed by atoms with Gasteiger partial charge in [-0.3, -0.25) is 4.79 Å². The van der Waals surface area contributed by atoms with Gasteiger partial charge in [0, 0.05) is 6.54 Å². The molecule has 0 saturated carbocycles. The summed E-state index contributed by atoms with van der Waals surface area (Å²) >= 11 is 5.98. The SMILES string of the molecule is CCCCNC(=O)C(C)Oc1ccc(C#N)cc1Cl. The van der Waals surface area contributed by atoms with E-state index in [9.17, 15) is 4.79 Å². The molecule has 0 aliphatic heterocycles. The monoisotopic (exact) mass is 280 g/mol. The summed E-state index contributed by atoms with van der Waals surface area (Å²) in [4.78, 5) is 11.7. The van der Waals surface area contributed by atoms with Crippen LogP contribution in [-0.4, -0.2) is 18.6 Å². The first kappa shape index (κ1) is 15.3. The Morgan fingerprint density at radius 3 is 2.89 bits per heavy atom. The van der Waals surface area contributed by atoms with E-state index in [1.807, 2.05) is 6.07 Å². The number of nitrogens with one attached hydrogen (secondary N) is 1. The number of hydrogen-bond acceptors (Lipinski definition) is 3. The molecule has 0 aliphatic rings. The highest BCUT2D eigenvalue weighted by molar-refractivity contribution is 6.32. The Balaban J connectivity index is 2.59. The van der Waals surface area contributed by atoms with Gasteiger partial charge in [0.1, 0.15) is 5.75 Å². The van der Waals surface area contributed by atoms with Gasteiger partial charge in [0.25, 0.3) is 5.91 Å². The Hall–Kier alpha value is -1.73. The minimum absolute atomic E-state index is 0.172. The summed E-state index contributed by atoms with van der Waals surface area (Å²) in [5.41, 5.74) is 0.456. The minimum Gasteiger partial charge on any atom is -0.479 e. The van der Waals surface area contributed by atoms with Crippen LogP contribution in [0.3, 0.4) is 0 Å². The zero-order valence-corrected chi connectivity index (χ0v) is 11.8. The number of rotatable bonds is 6. The van der Waals surface area contributed by atoms with E-state index in [4.69, 9.17) is 21.6 Å². The molecule has 0 spiro atoms. The Morgan fingerprint density at radius 2 is 2.32 bits per heavy atom. The van der Waals surface area contributed by atoms with Gasteiger partial charge in [-0.1, -0.05) is 24.9 Å². The standard InChI is InChI=1S/C14H17ClN2O2/c1-3-4-7-17-14(18)10(2)19-13-6-5-11(9-16)8-12(13)15/h5-6,8,10H,3-4,7H2,1-2H3,(H,17,18). The third-order valence-corrected chi connectivity index (χ3v) is 2.86.